The van der Waals surface area contributed by atoms with Gasteiger partial charge in [-0.25, -0.2) is 4.39 Å². The van der Waals surface area contributed by atoms with Crippen LogP contribution in [0.2, 0.25) is 5.02 Å². The molecule has 0 fully saturated rings. The second-order valence-electron chi connectivity index (χ2n) is 6.75. The normalized spacial score (nSPS) is 14.9. The Hall–Kier alpha value is -3.44. The van der Waals surface area contributed by atoms with Gasteiger partial charge < -0.3 is 4.74 Å². The molecule has 0 bridgehead atoms. The molecular weight excluding hydrogens is 403 g/mol. The molecule has 0 radical (unpaired) electrons. The van der Waals surface area contributed by atoms with E-state index in [4.69, 9.17) is 16.3 Å². The molecule has 3 aromatic carbocycles. The summed E-state index contributed by atoms with van der Waals surface area (Å²) in [6.45, 7) is 1.84. The molecule has 0 aromatic heterocycles. The molecule has 0 atom stereocenters. The van der Waals surface area contributed by atoms with Crippen LogP contribution in [0.25, 0.3) is 6.08 Å². The topological polar surface area (TPSA) is 41.9 Å². The van der Waals surface area contributed by atoms with Gasteiger partial charge in [0.1, 0.15) is 18.2 Å². The molecular formula is C24H18ClFN2O2. The zero-order valence-corrected chi connectivity index (χ0v) is 16.9. The van der Waals surface area contributed by atoms with E-state index in [0.29, 0.717) is 27.6 Å². The fraction of sp³-hybridized carbons (Fsp3) is 0.0833. The van der Waals surface area contributed by atoms with Crippen LogP contribution in [0, 0.1) is 5.82 Å². The van der Waals surface area contributed by atoms with Gasteiger partial charge in [0, 0.05) is 5.56 Å². The van der Waals surface area contributed by atoms with E-state index in [9.17, 15) is 9.18 Å². The lowest BCUT2D eigenvalue weighted by atomic mass is 10.1. The first-order valence-electron chi connectivity index (χ1n) is 9.35. The Kier molecular flexibility index (Phi) is 5.63. The van der Waals surface area contributed by atoms with Crippen molar-refractivity contribution < 1.29 is 13.9 Å². The van der Waals surface area contributed by atoms with Gasteiger partial charge in [-0.15, -0.1) is 0 Å². The minimum atomic E-state index is -0.402. The van der Waals surface area contributed by atoms with Gasteiger partial charge in [-0.1, -0.05) is 48.0 Å². The number of hydrazone groups is 1. The zero-order chi connectivity index (χ0) is 21.1. The van der Waals surface area contributed by atoms with Gasteiger partial charge in [0.05, 0.1) is 22.0 Å². The molecule has 4 rings (SSSR count). The summed E-state index contributed by atoms with van der Waals surface area (Å²) in [5.41, 5.74) is 3.05. The standard InChI is InChI=1S/C24H18ClFN2O2/c1-16-20(24(29)28(27-16)18-6-3-2-4-7-18)14-17-10-12-19(13-11-17)30-15-21-22(25)8-5-9-23(21)26/h2-14H,15H2,1H3/b20-14+. The maximum absolute atomic E-state index is 13.9. The van der Waals surface area contributed by atoms with Crippen molar-refractivity contribution in [2.45, 2.75) is 13.5 Å². The van der Waals surface area contributed by atoms with Gasteiger partial charge in [0.25, 0.3) is 5.91 Å². The second-order valence-corrected chi connectivity index (χ2v) is 7.16. The third-order valence-corrected chi connectivity index (χ3v) is 5.05. The Balaban J connectivity index is 1.47. The third kappa shape index (κ3) is 4.11. The highest BCUT2D eigenvalue weighted by Crippen LogP contribution is 2.26. The fourth-order valence-electron chi connectivity index (χ4n) is 3.08. The predicted octanol–water partition coefficient (Wildman–Crippen LogP) is 5.86. The van der Waals surface area contributed by atoms with Crippen LogP contribution in [0.1, 0.15) is 18.1 Å². The van der Waals surface area contributed by atoms with E-state index in [1.54, 1.807) is 30.3 Å². The van der Waals surface area contributed by atoms with Crippen molar-refractivity contribution in [1.29, 1.82) is 0 Å². The summed E-state index contributed by atoms with van der Waals surface area (Å²) >= 11 is 6.02. The number of ether oxygens (including phenoxy) is 1. The number of hydrogen-bond acceptors (Lipinski definition) is 3. The molecule has 150 valence electrons. The van der Waals surface area contributed by atoms with E-state index in [-0.39, 0.29) is 12.5 Å². The first kappa shape index (κ1) is 19.9. The molecule has 3 aromatic rings. The summed E-state index contributed by atoms with van der Waals surface area (Å²) in [7, 11) is 0. The number of benzene rings is 3. The molecule has 0 unspecified atom stereocenters. The Morgan fingerprint density at radius 2 is 1.77 bits per heavy atom. The van der Waals surface area contributed by atoms with E-state index < -0.39 is 5.82 Å². The highest BCUT2D eigenvalue weighted by Gasteiger charge is 2.28. The number of nitrogens with zero attached hydrogens (tertiary/aromatic N) is 2. The van der Waals surface area contributed by atoms with Crippen LogP contribution < -0.4 is 9.75 Å². The van der Waals surface area contributed by atoms with Crippen LogP contribution in [0.5, 0.6) is 5.75 Å². The summed E-state index contributed by atoms with van der Waals surface area (Å²) in [6.07, 6.45) is 1.79. The molecule has 1 aliphatic rings. The lowest BCUT2D eigenvalue weighted by Gasteiger charge is -2.11. The van der Waals surface area contributed by atoms with Crippen LogP contribution in [0.15, 0.2) is 83.5 Å². The Labute approximate surface area is 178 Å². The van der Waals surface area contributed by atoms with Gasteiger partial charge >= 0.3 is 0 Å². The second kappa shape index (κ2) is 8.51. The third-order valence-electron chi connectivity index (χ3n) is 4.70. The van der Waals surface area contributed by atoms with Crippen molar-refractivity contribution >= 4 is 35.0 Å². The summed E-state index contributed by atoms with van der Waals surface area (Å²) in [4.78, 5) is 12.8. The van der Waals surface area contributed by atoms with Crippen molar-refractivity contribution in [1.82, 2.24) is 0 Å². The molecule has 0 saturated heterocycles. The lowest BCUT2D eigenvalue weighted by Crippen LogP contribution is -2.21. The van der Waals surface area contributed by atoms with E-state index in [0.717, 1.165) is 11.3 Å². The maximum atomic E-state index is 13.9. The van der Waals surface area contributed by atoms with E-state index in [2.05, 4.69) is 5.10 Å². The number of hydrogen-bond donors (Lipinski definition) is 0. The average molecular weight is 421 g/mol. The lowest BCUT2D eigenvalue weighted by molar-refractivity contribution is -0.114. The molecule has 1 aliphatic heterocycles. The first-order valence-corrected chi connectivity index (χ1v) is 9.73. The number of anilines is 1. The summed E-state index contributed by atoms with van der Waals surface area (Å²) in [5, 5.41) is 6.10. The minimum Gasteiger partial charge on any atom is -0.489 e. The number of carbonyl (C=O) groups is 1. The average Bonchev–Trinajstić information content (AvgIpc) is 3.03. The van der Waals surface area contributed by atoms with Crippen LogP contribution in [0.3, 0.4) is 0 Å². The van der Waals surface area contributed by atoms with Crippen molar-refractivity contribution in [2.24, 2.45) is 5.10 Å². The van der Waals surface area contributed by atoms with Crippen molar-refractivity contribution in [2.75, 3.05) is 5.01 Å². The van der Waals surface area contributed by atoms with Gasteiger partial charge in [0.15, 0.2) is 0 Å². The Bertz CT molecular complexity index is 1120. The maximum Gasteiger partial charge on any atom is 0.280 e. The molecule has 30 heavy (non-hydrogen) atoms. The van der Waals surface area contributed by atoms with Crippen LogP contribution in [0.4, 0.5) is 10.1 Å². The van der Waals surface area contributed by atoms with Crippen molar-refractivity contribution in [3.8, 4) is 5.75 Å². The quantitative estimate of drug-likeness (QED) is 0.485. The fourth-order valence-corrected chi connectivity index (χ4v) is 3.30. The molecule has 0 aliphatic carbocycles. The molecule has 0 saturated carbocycles. The van der Waals surface area contributed by atoms with Gasteiger partial charge in [-0.3, -0.25) is 4.79 Å². The predicted molar refractivity (Wildman–Crippen MR) is 117 cm³/mol. The highest BCUT2D eigenvalue weighted by atomic mass is 35.5. The number of carbonyl (C=O) groups excluding carboxylic acids is 1. The molecule has 4 nitrogen and oxygen atoms in total. The van der Waals surface area contributed by atoms with E-state index in [1.807, 2.05) is 49.4 Å². The highest BCUT2D eigenvalue weighted by molar-refractivity contribution is 6.32. The Morgan fingerprint density at radius 3 is 2.47 bits per heavy atom. The molecule has 1 heterocycles. The molecule has 1 amide bonds. The van der Waals surface area contributed by atoms with Crippen LogP contribution >= 0.6 is 11.6 Å². The van der Waals surface area contributed by atoms with E-state index in [1.165, 1.54) is 11.1 Å². The summed E-state index contributed by atoms with van der Waals surface area (Å²) in [6, 6.07) is 21.0. The summed E-state index contributed by atoms with van der Waals surface area (Å²) in [5.74, 6) is 0.0000671. The molecule has 6 heteroatoms. The van der Waals surface area contributed by atoms with Gasteiger partial charge in [0.2, 0.25) is 0 Å². The van der Waals surface area contributed by atoms with Crippen LogP contribution in [-0.4, -0.2) is 11.6 Å². The van der Waals surface area contributed by atoms with Gasteiger partial charge in [-0.2, -0.15) is 10.1 Å². The SMILES string of the molecule is CC1=NN(c2ccccc2)C(=O)/C1=C/c1ccc(OCc2c(F)cccc2Cl)cc1. The molecule has 0 N–H and O–H groups in total. The van der Waals surface area contributed by atoms with E-state index >= 15 is 0 Å². The zero-order valence-electron chi connectivity index (χ0n) is 16.2. The number of rotatable bonds is 5. The monoisotopic (exact) mass is 420 g/mol. The number of halogens is 2. The Morgan fingerprint density at radius 1 is 1.03 bits per heavy atom. The van der Waals surface area contributed by atoms with Crippen LogP contribution in [-0.2, 0) is 11.4 Å². The first-order chi connectivity index (χ1) is 14.5. The van der Waals surface area contributed by atoms with Crippen molar-refractivity contribution in [3.63, 3.8) is 0 Å². The minimum absolute atomic E-state index is 0.0300. The number of amides is 1. The largest absolute Gasteiger partial charge is 0.489 e. The smallest absolute Gasteiger partial charge is 0.280 e. The summed E-state index contributed by atoms with van der Waals surface area (Å²) < 4.78 is 19.5. The van der Waals surface area contributed by atoms with Gasteiger partial charge in [-0.05, 0) is 55.0 Å². The van der Waals surface area contributed by atoms with Crippen molar-refractivity contribution in [3.05, 3.63) is 100 Å². The molecule has 0 spiro atoms. The number of para-hydroxylation sites is 1.